The monoisotopic (exact) mass is 637 g/mol. The summed E-state index contributed by atoms with van der Waals surface area (Å²) >= 11 is 0. The predicted octanol–water partition coefficient (Wildman–Crippen LogP) is 5.99. The molecule has 2 unspecified atom stereocenters. The van der Waals surface area contributed by atoms with Gasteiger partial charge in [0.15, 0.2) is 5.65 Å². The van der Waals surface area contributed by atoms with Gasteiger partial charge in [-0.05, 0) is 82.1 Å². The summed E-state index contributed by atoms with van der Waals surface area (Å²) in [7, 11) is -2.83. The van der Waals surface area contributed by atoms with Crippen molar-refractivity contribution in [1.82, 2.24) is 13.9 Å². The lowest BCUT2D eigenvalue weighted by molar-refractivity contribution is -0.150. The molecule has 1 amide bonds. The summed E-state index contributed by atoms with van der Waals surface area (Å²) in [5.41, 5.74) is 0.419. The van der Waals surface area contributed by atoms with E-state index in [-0.39, 0.29) is 42.4 Å². The van der Waals surface area contributed by atoms with Gasteiger partial charge in [0.25, 0.3) is 10.0 Å². The second-order valence-electron chi connectivity index (χ2n) is 11.8. The number of piperidine rings is 1. The molecule has 0 bridgehead atoms. The Morgan fingerprint density at radius 2 is 1.78 bits per heavy atom. The largest absolute Gasteiger partial charge is 0.496 e. The molecule has 238 valence electrons. The summed E-state index contributed by atoms with van der Waals surface area (Å²) in [5.74, 6) is -2.22. The van der Waals surface area contributed by atoms with Crippen molar-refractivity contribution < 1.29 is 36.6 Å². The van der Waals surface area contributed by atoms with E-state index in [1.165, 1.54) is 48.5 Å². The van der Waals surface area contributed by atoms with Crippen molar-refractivity contribution in [2.24, 2.45) is 5.92 Å². The molecule has 5 rings (SSSR count). The lowest BCUT2D eigenvalue weighted by Gasteiger charge is -2.38. The first-order chi connectivity index (χ1) is 21.4. The number of carbonyl (C=O) groups excluding carboxylic acids is 2. The first kappa shape index (κ1) is 32.0. The lowest BCUT2D eigenvalue weighted by atomic mass is 9.83. The SMILES string of the molecule is CCOC(=O)C1CCN(C(=O)OC(C)(C)C)CC1c1cc2c(-c3cc(F)ccc3OC)ccnc2n1S(=O)(=O)c1ccccc1. The van der Waals surface area contributed by atoms with Crippen LogP contribution in [0.5, 0.6) is 5.75 Å². The maximum Gasteiger partial charge on any atom is 0.410 e. The van der Waals surface area contributed by atoms with Crippen molar-refractivity contribution in [3.8, 4) is 16.9 Å². The molecule has 1 saturated heterocycles. The highest BCUT2D eigenvalue weighted by molar-refractivity contribution is 7.90. The minimum atomic E-state index is -4.29. The number of hydrogen-bond donors (Lipinski definition) is 0. The number of likely N-dealkylation sites (tertiary alicyclic amines) is 1. The lowest BCUT2D eigenvalue weighted by Crippen LogP contribution is -2.47. The summed E-state index contributed by atoms with van der Waals surface area (Å²) in [6.07, 6.45) is 1.08. The molecule has 0 N–H and O–H groups in total. The van der Waals surface area contributed by atoms with Gasteiger partial charge in [0, 0.05) is 41.8 Å². The molecule has 1 aliphatic rings. The van der Waals surface area contributed by atoms with E-state index in [1.807, 2.05) is 0 Å². The zero-order chi connectivity index (χ0) is 32.5. The molecule has 1 fully saturated rings. The summed E-state index contributed by atoms with van der Waals surface area (Å²) in [6.45, 7) is 7.29. The van der Waals surface area contributed by atoms with E-state index >= 15 is 0 Å². The van der Waals surface area contributed by atoms with Gasteiger partial charge in [0.2, 0.25) is 0 Å². The minimum absolute atomic E-state index is 0.00628. The summed E-state index contributed by atoms with van der Waals surface area (Å²) in [5, 5.41) is 0.396. The standard InChI is InChI=1S/C33H36FN3O7S/c1-6-43-31(38)24-15-17-36(32(39)44-33(2,3)4)20-27(24)28-19-26-23(25-18-21(34)12-13-29(25)42-5)14-16-35-30(26)37(28)45(40,41)22-10-8-7-9-11-22/h7-14,16,18-19,24,27H,6,15,17,20H2,1-5H3. The van der Waals surface area contributed by atoms with Crippen LogP contribution in [0.2, 0.25) is 0 Å². The van der Waals surface area contributed by atoms with Crippen molar-refractivity contribution in [2.75, 3.05) is 26.8 Å². The molecule has 0 spiro atoms. The van der Waals surface area contributed by atoms with Gasteiger partial charge >= 0.3 is 12.1 Å². The van der Waals surface area contributed by atoms with E-state index in [4.69, 9.17) is 14.2 Å². The topological polar surface area (TPSA) is 117 Å². The zero-order valence-electron chi connectivity index (χ0n) is 25.8. The number of carbonyl (C=O) groups is 2. The van der Waals surface area contributed by atoms with Crippen LogP contribution >= 0.6 is 0 Å². The van der Waals surface area contributed by atoms with Crippen molar-refractivity contribution in [2.45, 2.75) is 50.5 Å². The molecule has 0 saturated carbocycles. The number of nitrogens with zero attached hydrogens (tertiary/aromatic N) is 3. The van der Waals surface area contributed by atoms with Gasteiger partial charge in [0.1, 0.15) is 17.2 Å². The average molecular weight is 638 g/mol. The first-order valence-electron chi connectivity index (χ1n) is 14.6. The number of fused-ring (bicyclic) bond motifs is 1. The molecule has 2 aromatic carbocycles. The number of hydrogen-bond acceptors (Lipinski definition) is 8. The number of rotatable bonds is 7. The second-order valence-corrected chi connectivity index (χ2v) is 13.6. The maximum atomic E-state index is 14.5. The predicted molar refractivity (Wildman–Crippen MR) is 166 cm³/mol. The van der Waals surface area contributed by atoms with Crippen molar-refractivity contribution >= 4 is 33.1 Å². The molecule has 0 aliphatic carbocycles. The van der Waals surface area contributed by atoms with Gasteiger partial charge in [0.05, 0.1) is 24.5 Å². The minimum Gasteiger partial charge on any atom is -0.496 e. The molecule has 2 aromatic heterocycles. The molecule has 45 heavy (non-hydrogen) atoms. The Hall–Kier alpha value is -4.45. The second kappa shape index (κ2) is 12.5. The Balaban J connectivity index is 1.78. The molecular weight excluding hydrogens is 601 g/mol. The normalized spacial score (nSPS) is 17.2. The van der Waals surface area contributed by atoms with Crippen molar-refractivity contribution in [1.29, 1.82) is 0 Å². The van der Waals surface area contributed by atoms with Crippen LogP contribution in [-0.4, -0.2) is 66.7 Å². The number of ether oxygens (including phenoxy) is 3. The third-order valence-electron chi connectivity index (χ3n) is 7.66. The van der Waals surface area contributed by atoms with Gasteiger partial charge in [-0.1, -0.05) is 18.2 Å². The number of aromatic nitrogens is 2. The summed E-state index contributed by atoms with van der Waals surface area (Å²) in [6, 6.07) is 15.3. The zero-order valence-corrected chi connectivity index (χ0v) is 26.6. The van der Waals surface area contributed by atoms with Gasteiger partial charge in [-0.15, -0.1) is 0 Å². The van der Waals surface area contributed by atoms with E-state index in [9.17, 15) is 22.4 Å². The third-order valence-corrected chi connectivity index (χ3v) is 9.39. The number of amides is 1. The van der Waals surface area contributed by atoms with E-state index < -0.39 is 45.3 Å². The Morgan fingerprint density at radius 1 is 1.04 bits per heavy atom. The van der Waals surface area contributed by atoms with Crippen molar-refractivity contribution in [3.05, 3.63) is 78.4 Å². The van der Waals surface area contributed by atoms with Crippen LogP contribution in [0.15, 0.2) is 71.8 Å². The fourth-order valence-corrected chi connectivity index (χ4v) is 7.25. The van der Waals surface area contributed by atoms with Crippen LogP contribution in [0.25, 0.3) is 22.2 Å². The van der Waals surface area contributed by atoms with Gasteiger partial charge in [-0.2, -0.15) is 0 Å². The first-order valence-corrected chi connectivity index (χ1v) is 16.1. The van der Waals surface area contributed by atoms with Crippen LogP contribution in [0.3, 0.4) is 0 Å². The summed E-state index contributed by atoms with van der Waals surface area (Å²) in [4.78, 5) is 32.5. The van der Waals surface area contributed by atoms with Crippen LogP contribution < -0.4 is 4.74 Å². The Kier molecular flexibility index (Phi) is 8.88. The van der Waals surface area contributed by atoms with Crippen LogP contribution in [0.4, 0.5) is 9.18 Å². The highest BCUT2D eigenvalue weighted by Gasteiger charge is 2.42. The molecule has 4 aromatic rings. The van der Waals surface area contributed by atoms with E-state index in [2.05, 4.69) is 4.98 Å². The molecule has 3 heterocycles. The number of esters is 1. The number of pyridine rings is 1. The van der Waals surface area contributed by atoms with Gasteiger partial charge in [-0.3, -0.25) is 4.79 Å². The average Bonchev–Trinajstić information content (AvgIpc) is 3.41. The highest BCUT2D eigenvalue weighted by atomic mass is 32.2. The molecule has 12 heteroatoms. The van der Waals surface area contributed by atoms with Crippen LogP contribution in [0.1, 0.15) is 45.7 Å². The van der Waals surface area contributed by atoms with Gasteiger partial charge < -0.3 is 19.1 Å². The Morgan fingerprint density at radius 3 is 2.44 bits per heavy atom. The quantitative estimate of drug-likeness (QED) is 0.227. The van der Waals surface area contributed by atoms with Gasteiger partial charge in [-0.25, -0.2) is 26.6 Å². The smallest absolute Gasteiger partial charge is 0.410 e. The maximum absolute atomic E-state index is 14.5. The van der Waals surface area contributed by atoms with Crippen molar-refractivity contribution in [3.63, 3.8) is 0 Å². The number of benzene rings is 2. The van der Waals surface area contributed by atoms with Crippen LogP contribution in [0, 0.1) is 11.7 Å². The molecule has 1 aliphatic heterocycles. The summed E-state index contributed by atoms with van der Waals surface area (Å²) < 4.78 is 61.1. The Bertz CT molecular complexity index is 1830. The number of methoxy groups -OCH3 is 1. The highest BCUT2D eigenvalue weighted by Crippen LogP contribution is 2.42. The van der Waals surface area contributed by atoms with E-state index in [0.29, 0.717) is 22.3 Å². The third kappa shape index (κ3) is 6.37. The molecule has 2 atom stereocenters. The van der Waals surface area contributed by atoms with E-state index in [0.717, 1.165) is 3.97 Å². The Labute approximate surface area is 261 Å². The fraction of sp³-hybridized carbons (Fsp3) is 0.364. The molecule has 10 nitrogen and oxygen atoms in total. The van der Waals surface area contributed by atoms with Crippen LogP contribution in [-0.2, 0) is 24.3 Å². The van der Waals surface area contributed by atoms with E-state index in [1.54, 1.807) is 58.0 Å². The fourth-order valence-electron chi connectivity index (χ4n) is 5.70. The number of halogens is 1. The molecule has 0 radical (unpaired) electrons. The molecular formula is C33H36FN3O7S.